The Bertz CT molecular complexity index is 1170. The highest BCUT2D eigenvalue weighted by Crippen LogP contribution is 2.21. The number of amides is 1. The number of carbonyl (C=O) groups is 1. The van der Waals surface area contributed by atoms with Gasteiger partial charge in [0.05, 0.1) is 22.7 Å². The van der Waals surface area contributed by atoms with Crippen LogP contribution in [0.5, 0.6) is 0 Å². The fraction of sp³-hybridized carbons (Fsp3) is 0.304. The predicted molar refractivity (Wildman–Crippen MR) is 118 cm³/mol. The van der Waals surface area contributed by atoms with E-state index in [0.717, 1.165) is 17.1 Å². The summed E-state index contributed by atoms with van der Waals surface area (Å²) in [5, 5.41) is 0. The molecule has 0 unspecified atom stereocenters. The van der Waals surface area contributed by atoms with Crippen molar-refractivity contribution in [3.8, 4) is 0 Å². The molecule has 1 aliphatic heterocycles. The molecule has 1 saturated heterocycles. The van der Waals surface area contributed by atoms with Crippen LogP contribution in [0.3, 0.4) is 0 Å². The number of piperazine rings is 1. The maximum atomic E-state index is 13.2. The lowest BCUT2D eigenvalue weighted by molar-refractivity contribution is 0.0697. The standard InChI is InChI=1S/C23H26N4O3S/c1-18-16-22(19(2)27(18)17-20-8-6-7-11-24-20)23(28)25-12-14-26(15-13-25)31(29,30)21-9-4-3-5-10-21/h3-11,16H,12-15,17H2,1-2H3. The van der Waals surface area contributed by atoms with Gasteiger partial charge in [0.2, 0.25) is 10.0 Å². The third kappa shape index (κ3) is 4.26. The van der Waals surface area contributed by atoms with Gasteiger partial charge in [-0.25, -0.2) is 8.42 Å². The van der Waals surface area contributed by atoms with Crippen LogP contribution < -0.4 is 0 Å². The number of rotatable bonds is 5. The second-order valence-electron chi connectivity index (χ2n) is 7.70. The lowest BCUT2D eigenvalue weighted by Gasteiger charge is -2.34. The van der Waals surface area contributed by atoms with Crippen LogP contribution in [0.15, 0.2) is 65.7 Å². The second-order valence-corrected chi connectivity index (χ2v) is 9.64. The van der Waals surface area contributed by atoms with Crippen molar-refractivity contribution in [2.75, 3.05) is 26.2 Å². The van der Waals surface area contributed by atoms with Crippen molar-refractivity contribution >= 4 is 15.9 Å². The van der Waals surface area contributed by atoms with E-state index in [-0.39, 0.29) is 23.9 Å². The number of hydrogen-bond acceptors (Lipinski definition) is 4. The van der Waals surface area contributed by atoms with Crippen molar-refractivity contribution in [2.45, 2.75) is 25.3 Å². The zero-order valence-corrected chi connectivity index (χ0v) is 18.5. The van der Waals surface area contributed by atoms with Gasteiger partial charge in [0, 0.05) is 43.8 Å². The molecule has 1 amide bonds. The molecule has 0 atom stereocenters. The molecule has 8 heteroatoms. The zero-order valence-electron chi connectivity index (χ0n) is 17.7. The Morgan fingerprint density at radius 2 is 1.65 bits per heavy atom. The molecule has 3 aromatic rings. The minimum absolute atomic E-state index is 0.0582. The number of pyridine rings is 1. The summed E-state index contributed by atoms with van der Waals surface area (Å²) in [6, 6.07) is 16.1. The molecule has 1 fully saturated rings. The van der Waals surface area contributed by atoms with Gasteiger partial charge in [0.25, 0.3) is 5.91 Å². The molecule has 31 heavy (non-hydrogen) atoms. The Kier molecular flexibility index (Phi) is 5.93. The Hall–Kier alpha value is -2.97. The summed E-state index contributed by atoms with van der Waals surface area (Å²) in [7, 11) is -3.54. The Morgan fingerprint density at radius 1 is 0.968 bits per heavy atom. The van der Waals surface area contributed by atoms with E-state index >= 15 is 0 Å². The van der Waals surface area contributed by atoms with Gasteiger partial charge < -0.3 is 9.47 Å². The number of carbonyl (C=O) groups excluding carboxylic acids is 1. The molecule has 0 radical (unpaired) electrons. The van der Waals surface area contributed by atoms with Crippen LogP contribution in [0.25, 0.3) is 0 Å². The molecule has 4 rings (SSSR count). The van der Waals surface area contributed by atoms with Crippen molar-refractivity contribution in [1.82, 2.24) is 18.8 Å². The summed E-state index contributed by atoms with van der Waals surface area (Å²) in [5.74, 6) is -0.0582. The van der Waals surface area contributed by atoms with Gasteiger partial charge >= 0.3 is 0 Å². The minimum atomic E-state index is -3.54. The lowest BCUT2D eigenvalue weighted by Crippen LogP contribution is -2.50. The van der Waals surface area contributed by atoms with Crippen LogP contribution in [-0.4, -0.2) is 59.3 Å². The predicted octanol–water partition coefficient (Wildman–Crippen LogP) is 2.69. The molecular weight excluding hydrogens is 412 g/mol. The van der Waals surface area contributed by atoms with E-state index in [1.807, 2.05) is 38.1 Å². The Balaban J connectivity index is 1.46. The first-order valence-electron chi connectivity index (χ1n) is 10.3. The number of hydrogen-bond donors (Lipinski definition) is 0. The molecule has 1 aromatic carbocycles. The molecule has 0 spiro atoms. The molecule has 0 bridgehead atoms. The van der Waals surface area contributed by atoms with Crippen molar-refractivity contribution in [3.05, 3.63) is 83.4 Å². The van der Waals surface area contributed by atoms with E-state index in [4.69, 9.17) is 0 Å². The molecule has 0 N–H and O–H groups in total. The SMILES string of the molecule is Cc1cc(C(=O)N2CCN(S(=O)(=O)c3ccccc3)CC2)c(C)n1Cc1ccccn1. The van der Waals surface area contributed by atoms with E-state index in [1.165, 1.54) is 4.31 Å². The average Bonchev–Trinajstić information content (AvgIpc) is 3.08. The molecule has 162 valence electrons. The highest BCUT2D eigenvalue weighted by Gasteiger charge is 2.31. The molecule has 2 aromatic heterocycles. The molecule has 3 heterocycles. The van der Waals surface area contributed by atoms with Crippen molar-refractivity contribution in [1.29, 1.82) is 0 Å². The Morgan fingerprint density at radius 3 is 2.29 bits per heavy atom. The highest BCUT2D eigenvalue weighted by molar-refractivity contribution is 7.89. The van der Waals surface area contributed by atoms with Crippen LogP contribution in [0.4, 0.5) is 0 Å². The number of aryl methyl sites for hydroxylation is 1. The van der Waals surface area contributed by atoms with E-state index in [2.05, 4.69) is 9.55 Å². The summed E-state index contributed by atoms with van der Waals surface area (Å²) in [4.78, 5) is 19.6. The van der Waals surface area contributed by atoms with Crippen molar-refractivity contribution in [2.24, 2.45) is 0 Å². The first kappa shape index (κ1) is 21.3. The number of benzene rings is 1. The topological polar surface area (TPSA) is 75.5 Å². The first-order valence-corrected chi connectivity index (χ1v) is 11.7. The van der Waals surface area contributed by atoms with Gasteiger partial charge in [-0.2, -0.15) is 4.31 Å². The third-order valence-corrected chi connectivity index (χ3v) is 7.67. The summed E-state index contributed by atoms with van der Waals surface area (Å²) in [5.41, 5.74) is 3.49. The van der Waals surface area contributed by atoms with E-state index in [1.54, 1.807) is 41.4 Å². The number of nitrogens with zero attached hydrogens (tertiary/aromatic N) is 4. The largest absolute Gasteiger partial charge is 0.342 e. The maximum absolute atomic E-state index is 13.2. The smallest absolute Gasteiger partial charge is 0.255 e. The number of sulfonamides is 1. The van der Waals surface area contributed by atoms with Gasteiger partial charge in [-0.05, 0) is 44.2 Å². The lowest BCUT2D eigenvalue weighted by atomic mass is 10.2. The summed E-state index contributed by atoms with van der Waals surface area (Å²) in [6.45, 7) is 5.85. The van der Waals surface area contributed by atoms with Gasteiger partial charge in [0.15, 0.2) is 0 Å². The van der Waals surface area contributed by atoms with Crippen LogP contribution in [0, 0.1) is 13.8 Å². The first-order chi connectivity index (χ1) is 14.9. The van der Waals surface area contributed by atoms with Gasteiger partial charge in [-0.3, -0.25) is 9.78 Å². The molecule has 1 aliphatic rings. The van der Waals surface area contributed by atoms with Gasteiger partial charge in [-0.1, -0.05) is 24.3 Å². The molecule has 0 saturated carbocycles. The fourth-order valence-electron chi connectivity index (χ4n) is 3.96. The van der Waals surface area contributed by atoms with Crippen LogP contribution in [0.1, 0.15) is 27.4 Å². The normalized spacial score (nSPS) is 15.2. The fourth-order valence-corrected chi connectivity index (χ4v) is 5.40. The van der Waals surface area contributed by atoms with Gasteiger partial charge in [-0.15, -0.1) is 0 Å². The second kappa shape index (κ2) is 8.64. The van der Waals surface area contributed by atoms with E-state index in [9.17, 15) is 13.2 Å². The summed E-state index contributed by atoms with van der Waals surface area (Å²) < 4.78 is 29.2. The van der Waals surface area contributed by atoms with E-state index < -0.39 is 10.0 Å². The summed E-state index contributed by atoms with van der Waals surface area (Å²) in [6.07, 6.45) is 1.76. The molecule has 0 aliphatic carbocycles. The Labute approximate surface area is 183 Å². The highest BCUT2D eigenvalue weighted by atomic mass is 32.2. The van der Waals surface area contributed by atoms with Crippen molar-refractivity contribution in [3.63, 3.8) is 0 Å². The summed E-state index contributed by atoms with van der Waals surface area (Å²) >= 11 is 0. The van der Waals surface area contributed by atoms with E-state index in [0.29, 0.717) is 25.2 Å². The van der Waals surface area contributed by atoms with Gasteiger partial charge in [0.1, 0.15) is 0 Å². The number of aromatic nitrogens is 2. The molecule has 7 nitrogen and oxygen atoms in total. The minimum Gasteiger partial charge on any atom is -0.342 e. The van der Waals surface area contributed by atoms with Crippen LogP contribution in [0.2, 0.25) is 0 Å². The molecular formula is C23H26N4O3S. The van der Waals surface area contributed by atoms with Crippen molar-refractivity contribution < 1.29 is 13.2 Å². The van der Waals surface area contributed by atoms with Crippen LogP contribution in [-0.2, 0) is 16.6 Å². The third-order valence-electron chi connectivity index (χ3n) is 5.76. The average molecular weight is 439 g/mol. The quantitative estimate of drug-likeness (QED) is 0.614. The van der Waals surface area contributed by atoms with Crippen LogP contribution >= 0.6 is 0 Å². The monoisotopic (exact) mass is 438 g/mol. The zero-order chi connectivity index (χ0) is 22.0. The maximum Gasteiger partial charge on any atom is 0.255 e.